The van der Waals surface area contributed by atoms with E-state index in [-0.39, 0.29) is 5.75 Å². The second kappa shape index (κ2) is 7.85. The molecule has 0 aliphatic carbocycles. The maximum Gasteiger partial charge on any atom is 0.179 e. The molecule has 0 saturated heterocycles. The van der Waals surface area contributed by atoms with Gasteiger partial charge in [0.05, 0.1) is 10.6 Å². The van der Waals surface area contributed by atoms with Crippen LogP contribution in [0.3, 0.4) is 0 Å². The van der Waals surface area contributed by atoms with Crippen LogP contribution in [0.1, 0.15) is 6.42 Å². The van der Waals surface area contributed by atoms with Gasteiger partial charge < -0.3 is 10.2 Å². The molecule has 19 heavy (non-hydrogen) atoms. The molecule has 0 aliphatic heterocycles. The Balaban J connectivity index is 2.49. The lowest BCUT2D eigenvalue weighted by Crippen LogP contribution is -2.28. The highest BCUT2D eigenvalue weighted by atomic mass is 35.5. The van der Waals surface area contributed by atoms with E-state index in [0.29, 0.717) is 16.5 Å². The Morgan fingerprint density at radius 2 is 1.84 bits per heavy atom. The number of rotatable bonds is 8. The van der Waals surface area contributed by atoms with Gasteiger partial charge in [0.1, 0.15) is 0 Å². The van der Waals surface area contributed by atoms with Gasteiger partial charge in [-0.2, -0.15) is 0 Å². The van der Waals surface area contributed by atoms with E-state index in [2.05, 4.69) is 5.32 Å². The summed E-state index contributed by atoms with van der Waals surface area (Å²) in [4.78, 5) is 2.37. The number of nitrogens with one attached hydrogen (secondary N) is 1. The normalized spacial score (nSPS) is 12.0. The highest BCUT2D eigenvalue weighted by molar-refractivity contribution is 7.91. The summed E-state index contributed by atoms with van der Waals surface area (Å²) < 4.78 is 24.2. The van der Waals surface area contributed by atoms with Crippen molar-refractivity contribution >= 4 is 21.4 Å². The van der Waals surface area contributed by atoms with E-state index < -0.39 is 9.84 Å². The van der Waals surface area contributed by atoms with Gasteiger partial charge in [-0.05, 0) is 57.9 Å². The molecule has 1 N–H and O–H groups in total. The molecule has 0 aromatic heterocycles. The smallest absolute Gasteiger partial charge is 0.179 e. The van der Waals surface area contributed by atoms with Crippen LogP contribution in [0, 0.1) is 0 Å². The largest absolute Gasteiger partial charge is 0.320 e. The van der Waals surface area contributed by atoms with Crippen molar-refractivity contribution in [2.45, 2.75) is 11.3 Å². The Morgan fingerprint density at radius 1 is 1.21 bits per heavy atom. The first kappa shape index (κ1) is 16.4. The van der Waals surface area contributed by atoms with Crippen molar-refractivity contribution in [1.82, 2.24) is 10.2 Å². The summed E-state index contributed by atoms with van der Waals surface area (Å²) in [6.45, 7) is 2.36. The van der Waals surface area contributed by atoms with Gasteiger partial charge >= 0.3 is 0 Å². The molecule has 0 spiro atoms. The van der Waals surface area contributed by atoms with Crippen molar-refractivity contribution in [3.05, 3.63) is 29.3 Å². The van der Waals surface area contributed by atoms with E-state index in [0.717, 1.165) is 19.5 Å². The number of nitrogens with zero attached hydrogens (tertiary/aromatic N) is 1. The van der Waals surface area contributed by atoms with Gasteiger partial charge in [-0.3, -0.25) is 0 Å². The maximum absolute atomic E-state index is 12.1. The minimum atomic E-state index is -3.22. The molecular formula is C13H21ClN2O2S. The predicted molar refractivity (Wildman–Crippen MR) is 79.5 cm³/mol. The molecule has 0 bridgehead atoms. The molecule has 6 heteroatoms. The number of sulfone groups is 1. The van der Waals surface area contributed by atoms with Crippen LogP contribution >= 0.6 is 11.6 Å². The zero-order chi connectivity index (χ0) is 14.3. The van der Waals surface area contributed by atoms with Crippen molar-refractivity contribution in [1.29, 1.82) is 0 Å². The van der Waals surface area contributed by atoms with E-state index in [1.165, 1.54) is 0 Å². The van der Waals surface area contributed by atoms with Crippen molar-refractivity contribution in [2.24, 2.45) is 0 Å². The molecular weight excluding hydrogens is 284 g/mol. The van der Waals surface area contributed by atoms with Crippen LogP contribution in [-0.2, 0) is 9.84 Å². The van der Waals surface area contributed by atoms with Crippen LogP contribution in [0.25, 0.3) is 0 Å². The fourth-order valence-electron chi connectivity index (χ4n) is 1.67. The van der Waals surface area contributed by atoms with Crippen LogP contribution in [0.15, 0.2) is 29.2 Å². The van der Waals surface area contributed by atoms with Crippen LogP contribution in [0.4, 0.5) is 0 Å². The van der Waals surface area contributed by atoms with Crippen LogP contribution in [-0.4, -0.2) is 52.8 Å². The number of benzene rings is 1. The van der Waals surface area contributed by atoms with Crippen LogP contribution in [0.2, 0.25) is 5.02 Å². The Hall–Kier alpha value is -0.620. The molecule has 1 rings (SSSR count). The summed E-state index contributed by atoms with van der Waals surface area (Å²) in [5.41, 5.74) is 0. The molecule has 0 unspecified atom stereocenters. The monoisotopic (exact) mass is 304 g/mol. The lowest BCUT2D eigenvalue weighted by Gasteiger charge is -2.16. The summed E-state index contributed by atoms with van der Waals surface area (Å²) in [6, 6.07) is 6.31. The molecule has 108 valence electrons. The third-order valence-corrected chi connectivity index (χ3v) is 4.84. The van der Waals surface area contributed by atoms with Gasteiger partial charge in [-0.15, -0.1) is 0 Å². The van der Waals surface area contributed by atoms with Gasteiger partial charge in [0.15, 0.2) is 9.84 Å². The van der Waals surface area contributed by atoms with E-state index >= 15 is 0 Å². The molecule has 0 amide bonds. The topological polar surface area (TPSA) is 49.4 Å². The van der Waals surface area contributed by atoms with Crippen molar-refractivity contribution in [2.75, 3.05) is 39.5 Å². The number of hydrogen-bond donors (Lipinski definition) is 1. The Labute approximate surface area is 120 Å². The molecule has 0 aliphatic rings. The molecule has 1 aromatic carbocycles. The van der Waals surface area contributed by atoms with Gasteiger partial charge in [0.25, 0.3) is 0 Å². The average Bonchev–Trinajstić information content (AvgIpc) is 2.37. The summed E-state index contributed by atoms with van der Waals surface area (Å²) in [7, 11) is 0.627. The lowest BCUT2D eigenvalue weighted by atomic mass is 10.4. The Kier molecular flexibility index (Phi) is 6.79. The summed E-state index contributed by atoms with van der Waals surface area (Å²) >= 11 is 5.75. The van der Waals surface area contributed by atoms with E-state index in [9.17, 15) is 8.42 Å². The molecule has 0 fully saturated rings. The SMILES string of the molecule is CNCCCN(C)CCS(=O)(=O)c1ccc(Cl)cc1. The first-order valence-corrected chi connectivity index (χ1v) is 8.30. The molecule has 0 atom stereocenters. The highest BCUT2D eigenvalue weighted by Gasteiger charge is 2.14. The minimum absolute atomic E-state index is 0.130. The number of halogens is 1. The number of hydrogen-bond acceptors (Lipinski definition) is 4. The van der Waals surface area contributed by atoms with Gasteiger partial charge in [0.2, 0.25) is 0 Å². The van der Waals surface area contributed by atoms with Crippen LogP contribution < -0.4 is 5.32 Å². The lowest BCUT2D eigenvalue weighted by molar-refractivity contribution is 0.346. The summed E-state index contributed by atoms with van der Waals surface area (Å²) in [5, 5.41) is 3.61. The standard InChI is InChI=1S/C13H21ClN2O2S/c1-15-8-3-9-16(2)10-11-19(17,18)13-6-4-12(14)5-7-13/h4-7,15H,3,8-11H2,1-2H3. The van der Waals surface area contributed by atoms with E-state index in [4.69, 9.17) is 11.6 Å². The Morgan fingerprint density at radius 3 is 2.42 bits per heavy atom. The van der Waals surface area contributed by atoms with Crippen molar-refractivity contribution < 1.29 is 8.42 Å². The minimum Gasteiger partial charge on any atom is -0.320 e. The quantitative estimate of drug-likeness (QED) is 0.742. The van der Waals surface area contributed by atoms with Crippen LogP contribution in [0.5, 0.6) is 0 Å². The van der Waals surface area contributed by atoms with E-state index in [1.54, 1.807) is 24.3 Å². The van der Waals surface area contributed by atoms with Gasteiger partial charge in [0, 0.05) is 11.6 Å². The van der Waals surface area contributed by atoms with Crippen molar-refractivity contribution in [3.63, 3.8) is 0 Å². The second-order valence-electron chi connectivity index (χ2n) is 4.53. The predicted octanol–water partition coefficient (Wildman–Crippen LogP) is 1.66. The second-order valence-corrected chi connectivity index (χ2v) is 7.08. The Bertz CT molecular complexity index is 474. The average molecular weight is 305 g/mol. The fourth-order valence-corrected chi connectivity index (χ4v) is 3.14. The summed E-state index contributed by atoms with van der Waals surface area (Å²) in [5.74, 6) is 0.130. The fraction of sp³-hybridized carbons (Fsp3) is 0.538. The molecule has 0 heterocycles. The van der Waals surface area contributed by atoms with E-state index in [1.807, 2.05) is 19.0 Å². The molecule has 0 radical (unpaired) electrons. The third-order valence-electron chi connectivity index (χ3n) is 2.88. The molecule has 1 aromatic rings. The maximum atomic E-state index is 12.1. The first-order chi connectivity index (χ1) is 8.95. The highest BCUT2D eigenvalue weighted by Crippen LogP contribution is 2.15. The summed E-state index contributed by atoms with van der Waals surface area (Å²) in [6.07, 6.45) is 1.01. The zero-order valence-electron chi connectivity index (χ0n) is 11.4. The molecule has 4 nitrogen and oxygen atoms in total. The van der Waals surface area contributed by atoms with Gasteiger partial charge in [-0.1, -0.05) is 11.6 Å². The molecule has 0 saturated carbocycles. The third kappa shape index (κ3) is 5.91. The first-order valence-electron chi connectivity index (χ1n) is 6.27. The zero-order valence-corrected chi connectivity index (χ0v) is 13.0. The van der Waals surface area contributed by atoms with Gasteiger partial charge in [-0.25, -0.2) is 8.42 Å². The van der Waals surface area contributed by atoms with Crippen molar-refractivity contribution in [3.8, 4) is 0 Å².